The van der Waals surface area contributed by atoms with Crippen LogP contribution in [0.25, 0.3) is 0 Å². The van der Waals surface area contributed by atoms with Crippen LogP contribution in [0.15, 0.2) is 6.07 Å². The van der Waals surface area contributed by atoms with Crippen LogP contribution in [-0.4, -0.2) is 47.5 Å². The Morgan fingerprint density at radius 3 is 2.83 bits per heavy atom. The van der Waals surface area contributed by atoms with Gasteiger partial charge in [0.2, 0.25) is 11.9 Å². The minimum Gasteiger partial charge on any atom is -0.373 e. The number of hydrogen-bond donors (Lipinski definition) is 3. The Balaban J connectivity index is 2.05. The number of nitrogen functional groups attached to an aromatic ring is 1. The molecule has 1 amide bonds. The SMILES string of the molecule is CNc1cc(NC2CCC(=O)N(C)C2)nc(N)n1. The molecule has 2 heterocycles. The van der Waals surface area contributed by atoms with Gasteiger partial charge in [0.25, 0.3) is 0 Å². The lowest BCUT2D eigenvalue weighted by Crippen LogP contribution is -2.43. The first-order chi connectivity index (χ1) is 8.58. The van der Waals surface area contributed by atoms with Crippen LogP contribution in [0.3, 0.4) is 0 Å². The molecule has 0 aliphatic carbocycles. The Hall–Kier alpha value is -2.05. The van der Waals surface area contributed by atoms with E-state index in [1.54, 1.807) is 18.0 Å². The summed E-state index contributed by atoms with van der Waals surface area (Å²) in [6.07, 6.45) is 1.37. The number of hydrogen-bond acceptors (Lipinski definition) is 6. The summed E-state index contributed by atoms with van der Waals surface area (Å²) in [6.45, 7) is 0.678. The number of anilines is 3. The van der Waals surface area contributed by atoms with Crippen LogP contribution in [0.2, 0.25) is 0 Å². The molecule has 7 heteroatoms. The lowest BCUT2D eigenvalue weighted by molar-refractivity contribution is -0.132. The molecule has 98 valence electrons. The molecule has 0 aromatic carbocycles. The molecule has 1 aliphatic rings. The zero-order valence-corrected chi connectivity index (χ0v) is 10.6. The van der Waals surface area contributed by atoms with Crippen molar-refractivity contribution in [3.63, 3.8) is 0 Å². The number of amides is 1. The fraction of sp³-hybridized carbons (Fsp3) is 0.545. The predicted octanol–water partition coefficient (Wildman–Crippen LogP) is 0.133. The van der Waals surface area contributed by atoms with Gasteiger partial charge in [0, 0.05) is 39.2 Å². The van der Waals surface area contributed by atoms with Gasteiger partial charge < -0.3 is 21.3 Å². The quantitative estimate of drug-likeness (QED) is 0.706. The van der Waals surface area contributed by atoms with Crippen LogP contribution in [0, 0.1) is 0 Å². The fourth-order valence-corrected chi connectivity index (χ4v) is 2.01. The van der Waals surface area contributed by atoms with Crippen molar-refractivity contribution in [2.45, 2.75) is 18.9 Å². The van der Waals surface area contributed by atoms with Gasteiger partial charge in [0.15, 0.2) is 0 Å². The van der Waals surface area contributed by atoms with E-state index in [9.17, 15) is 4.79 Å². The zero-order chi connectivity index (χ0) is 13.1. The van der Waals surface area contributed by atoms with Gasteiger partial charge >= 0.3 is 0 Å². The highest BCUT2D eigenvalue weighted by Crippen LogP contribution is 2.17. The molecule has 1 aliphatic heterocycles. The highest BCUT2D eigenvalue weighted by atomic mass is 16.2. The first-order valence-corrected chi connectivity index (χ1v) is 5.91. The molecule has 1 atom stereocenters. The molecular weight excluding hydrogens is 232 g/mol. The Morgan fingerprint density at radius 1 is 1.44 bits per heavy atom. The summed E-state index contributed by atoms with van der Waals surface area (Å²) in [5.41, 5.74) is 5.62. The average Bonchev–Trinajstić information content (AvgIpc) is 2.33. The number of likely N-dealkylation sites (N-methyl/N-ethyl adjacent to an activating group) is 1. The number of carbonyl (C=O) groups excluding carboxylic acids is 1. The molecule has 1 unspecified atom stereocenters. The van der Waals surface area contributed by atoms with Crippen molar-refractivity contribution in [3.8, 4) is 0 Å². The molecular formula is C11H18N6O. The summed E-state index contributed by atoms with van der Waals surface area (Å²) in [6, 6.07) is 2.00. The maximum atomic E-state index is 11.4. The summed E-state index contributed by atoms with van der Waals surface area (Å²) in [7, 11) is 3.59. The molecule has 4 N–H and O–H groups in total. The zero-order valence-electron chi connectivity index (χ0n) is 10.6. The number of piperidine rings is 1. The lowest BCUT2D eigenvalue weighted by atomic mass is 10.1. The molecule has 1 aromatic heterocycles. The molecule has 2 rings (SSSR count). The molecule has 18 heavy (non-hydrogen) atoms. The van der Waals surface area contributed by atoms with Crippen molar-refractivity contribution < 1.29 is 4.79 Å². The third kappa shape index (κ3) is 2.79. The van der Waals surface area contributed by atoms with Gasteiger partial charge in [-0.3, -0.25) is 4.79 Å². The van der Waals surface area contributed by atoms with Crippen molar-refractivity contribution in [1.29, 1.82) is 0 Å². The van der Waals surface area contributed by atoms with Gasteiger partial charge in [-0.1, -0.05) is 0 Å². The average molecular weight is 250 g/mol. The standard InChI is InChI=1S/C11H18N6O/c1-13-8-5-9(16-11(12)15-8)14-7-3-4-10(18)17(2)6-7/h5,7H,3-4,6H2,1-2H3,(H4,12,13,14,15,16). The smallest absolute Gasteiger partial charge is 0.223 e. The Kier molecular flexibility index (Phi) is 3.50. The van der Waals surface area contributed by atoms with Gasteiger partial charge in [-0.25, -0.2) is 0 Å². The van der Waals surface area contributed by atoms with Crippen LogP contribution < -0.4 is 16.4 Å². The van der Waals surface area contributed by atoms with Gasteiger partial charge in [-0.05, 0) is 6.42 Å². The number of carbonyl (C=O) groups is 1. The predicted molar refractivity (Wildman–Crippen MR) is 70.3 cm³/mol. The van der Waals surface area contributed by atoms with E-state index >= 15 is 0 Å². The highest BCUT2D eigenvalue weighted by molar-refractivity contribution is 5.77. The monoisotopic (exact) mass is 250 g/mol. The number of rotatable bonds is 3. The van der Waals surface area contributed by atoms with Crippen LogP contribution in [0.5, 0.6) is 0 Å². The Labute approximate surface area is 106 Å². The van der Waals surface area contributed by atoms with Crippen LogP contribution in [0.4, 0.5) is 17.6 Å². The van der Waals surface area contributed by atoms with E-state index < -0.39 is 0 Å². The molecule has 0 spiro atoms. The van der Waals surface area contributed by atoms with E-state index in [1.165, 1.54) is 0 Å². The Bertz CT molecular complexity index is 449. The molecule has 0 radical (unpaired) electrons. The van der Waals surface area contributed by atoms with Crippen LogP contribution >= 0.6 is 0 Å². The van der Waals surface area contributed by atoms with E-state index in [1.807, 2.05) is 7.05 Å². The summed E-state index contributed by atoms with van der Waals surface area (Å²) < 4.78 is 0. The van der Waals surface area contributed by atoms with E-state index in [2.05, 4.69) is 20.6 Å². The van der Waals surface area contributed by atoms with E-state index in [4.69, 9.17) is 5.73 Å². The summed E-state index contributed by atoms with van der Waals surface area (Å²) in [4.78, 5) is 21.3. The number of aromatic nitrogens is 2. The molecule has 1 fully saturated rings. The molecule has 0 bridgehead atoms. The third-order valence-corrected chi connectivity index (χ3v) is 2.98. The summed E-state index contributed by atoms with van der Waals surface area (Å²) >= 11 is 0. The van der Waals surface area contributed by atoms with Crippen molar-refractivity contribution in [2.75, 3.05) is 37.0 Å². The largest absolute Gasteiger partial charge is 0.373 e. The van der Waals surface area contributed by atoms with Gasteiger partial charge in [0.1, 0.15) is 11.6 Å². The lowest BCUT2D eigenvalue weighted by Gasteiger charge is -2.30. The molecule has 1 aromatic rings. The molecule has 7 nitrogen and oxygen atoms in total. The summed E-state index contributed by atoms with van der Waals surface area (Å²) in [5.74, 6) is 1.76. The van der Waals surface area contributed by atoms with Gasteiger partial charge in [-0.15, -0.1) is 0 Å². The summed E-state index contributed by atoms with van der Waals surface area (Å²) in [5, 5.41) is 6.21. The maximum absolute atomic E-state index is 11.4. The van der Waals surface area contributed by atoms with Crippen molar-refractivity contribution in [2.24, 2.45) is 0 Å². The second-order valence-electron chi connectivity index (χ2n) is 4.40. The van der Waals surface area contributed by atoms with Crippen LogP contribution in [0.1, 0.15) is 12.8 Å². The number of nitrogens with zero attached hydrogens (tertiary/aromatic N) is 3. The number of likely N-dealkylation sites (tertiary alicyclic amines) is 1. The number of nitrogens with two attached hydrogens (primary N) is 1. The highest BCUT2D eigenvalue weighted by Gasteiger charge is 2.23. The first-order valence-electron chi connectivity index (χ1n) is 5.91. The van der Waals surface area contributed by atoms with E-state index in [0.29, 0.717) is 24.6 Å². The second kappa shape index (κ2) is 5.07. The Morgan fingerprint density at radius 2 is 2.17 bits per heavy atom. The maximum Gasteiger partial charge on any atom is 0.223 e. The van der Waals surface area contributed by atoms with Gasteiger partial charge in [-0.2, -0.15) is 9.97 Å². The molecule has 0 saturated carbocycles. The number of nitrogens with one attached hydrogen (secondary N) is 2. The second-order valence-corrected chi connectivity index (χ2v) is 4.40. The molecule has 1 saturated heterocycles. The fourth-order valence-electron chi connectivity index (χ4n) is 2.01. The van der Waals surface area contributed by atoms with E-state index in [-0.39, 0.29) is 17.9 Å². The van der Waals surface area contributed by atoms with Crippen molar-refractivity contribution in [3.05, 3.63) is 6.07 Å². The minimum absolute atomic E-state index is 0.186. The van der Waals surface area contributed by atoms with Crippen molar-refractivity contribution in [1.82, 2.24) is 14.9 Å². The van der Waals surface area contributed by atoms with E-state index in [0.717, 1.165) is 6.42 Å². The third-order valence-electron chi connectivity index (χ3n) is 2.98. The minimum atomic E-state index is 0.186. The topological polar surface area (TPSA) is 96.2 Å². The first kappa shape index (κ1) is 12.4. The normalized spacial score (nSPS) is 19.8. The van der Waals surface area contributed by atoms with Crippen LogP contribution in [-0.2, 0) is 4.79 Å². The van der Waals surface area contributed by atoms with Gasteiger partial charge in [0.05, 0.1) is 0 Å². The van der Waals surface area contributed by atoms with Crippen molar-refractivity contribution >= 4 is 23.5 Å².